The van der Waals surface area contributed by atoms with Gasteiger partial charge in [0.1, 0.15) is 5.75 Å². The first-order valence-corrected chi connectivity index (χ1v) is 10.5. The Morgan fingerprint density at radius 3 is 2.41 bits per heavy atom. The lowest BCUT2D eigenvalue weighted by Gasteiger charge is -2.19. The Hall–Kier alpha value is -2.38. The first-order valence-electron chi connectivity index (χ1n) is 8.97. The van der Waals surface area contributed by atoms with E-state index in [2.05, 4.69) is 4.72 Å². The van der Waals surface area contributed by atoms with Gasteiger partial charge in [-0.05, 0) is 43.5 Å². The molecule has 1 fully saturated rings. The first kappa shape index (κ1) is 19.4. The van der Waals surface area contributed by atoms with E-state index >= 15 is 0 Å². The molecule has 7 heteroatoms. The van der Waals surface area contributed by atoms with E-state index in [0.29, 0.717) is 18.8 Å². The number of methoxy groups -OCH3 is 1. The zero-order valence-corrected chi connectivity index (χ0v) is 16.3. The van der Waals surface area contributed by atoms with Gasteiger partial charge in [0.15, 0.2) is 0 Å². The van der Waals surface area contributed by atoms with Gasteiger partial charge in [-0.2, -0.15) is 0 Å². The van der Waals surface area contributed by atoms with Crippen molar-refractivity contribution in [2.75, 3.05) is 20.2 Å². The number of amides is 1. The van der Waals surface area contributed by atoms with Gasteiger partial charge in [0.25, 0.3) is 5.91 Å². The van der Waals surface area contributed by atoms with E-state index in [9.17, 15) is 13.2 Å². The number of nitrogens with zero attached hydrogens (tertiary/aromatic N) is 1. The monoisotopic (exact) mass is 388 g/mol. The summed E-state index contributed by atoms with van der Waals surface area (Å²) in [7, 11) is -2.32. The van der Waals surface area contributed by atoms with Crippen LogP contribution in [0.1, 0.15) is 41.7 Å². The SMILES string of the molecule is COc1ccc(S(=O)(=O)N[C@@H](C)c2ccccc2)cc1C(=O)N1CCCC1. The lowest BCUT2D eigenvalue weighted by Crippen LogP contribution is -2.29. The summed E-state index contributed by atoms with van der Waals surface area (Å²) < 4.78 is 33.6. The second-order valence-corrected chi connectivity index (χ2v) is 8.33. The quantitative estimate of drug-likeness (QED) is 0.825. The average molecular weight is 388 g/mol. The fraction of sp³-hybridized carbons (Fsp3) is 0.350. The Morgan fingerprint density at radius 1 is 1.11 bits per heavy atom. The van der Waals surface area contributed by atoms with Crippen molar-refractivity contribution >= 4 is 15.9 Å². The molecule has 0 aliphatic carbocycles. The Labute approximate surface area is 160 Å². The molecule has 1 N–H and O–H groups in total. The van der Waals surface area contributed by atoms with Crippen LogP contribution in [-0.4, -0.2) is 39.4 Å². The van der Waals surface area contributed by atoms with Gasteiger partial charge in [0, 0.05) is 19.1 Å². The van der Waals surface area contributed by atoms with Crippen molar-refractivity contribution < 1.29 is 17.9 Å². The third-order valence-corrected chi connectivity index (χ3v) is 6.27. The molecule has 0 saturated carbocycles. The molecule has 1 aliphatic heterocycles. The van der Waals surface area contributed by atoms with Gasteiger partial charge < -0.3 is 9.64 Å². The van der Waals surface area contributed by atoms with E-state index in [-0.39, 0.29) is 16.4 Å². The van der Waals surface area contributed by atoms with Crippen molar-refractivity contribution in [1.29, 1.82) is 0 Å². The van der Waals surface area contributed by atoms with Crippen molar-refractivity contribution in [3.05, 3.63) is 59.7 Å². The molecule has 2 aromatic rings. The van der Waals surface area contributed by atoms with Crippen LogP contribution in [0.2, 0.25) is 0 Å². The van der Waals surface area contributed by atoms with Crippen LogP contribution in [0.15, 0.2) is 53.4 Å². The zero-order chi connectivity index (χ0) is 19.4. The van der Waals surface area contributed by atoms with Crippen LogP contribution in [-0.2, 0) is 10.0 Å². The van der Waals surface area contributed by atoms with E-state index < -0.39 is 16.1 Å². The van der Waals surface area contributed by atoms with E-state index in [1.165, 1.54) is 25.3 Å². The first-order chi connectivity index (χ1) is 12.9. The summed E-state index contributed by atoms with van der Waals surface area (Å²) in [6.07, 6.45) is 1.92. The molecule has 1 heterocycles. The number of sulfonamides is 1. The van der Waals surface area contributed by atoms with Crippen molar-refractivity contribution in [2.45, 2.75) is 30.7 Å². The Kier molecular flexibility index (Phi) is 5.82. The van der Waals surface area contributed by atoms with E-state index in [4.69, 9.17) is 4.74 Å². The number of benzene rings is 2. The van der Waals surface area contributed by atoms with Gasteiger partial charge in [0.2, 0.25) is 10.0 Å². The molecule has 144 valence electrons. The third kappa shape index (κ3) is 4.31. The fourth-order valence-corrected chi connectivity index (χ4v) is 4.48. The highest BCUT2D eigenvalue weighted by Crippen LogP contribution is 2.26. The summed E-state index contributed by atoms with van der Waals surface area (Å²) in [6.45, 7) is 3.15. The Morgan fingerprint density at radius 2 is 1.78 bits per heavy atom. The molecule has 0 bridgehead atoms. The summed E-state index contributed by atoms with van der Waals surface area (Å²) in [6, 6.07) is 13.3. The summed E-state index contributed by atoms with van der Waals surface area (Å²) >= 11 is 0. The fourth-order valence-electron chi connectivity index (χ4n) is 3.22. The molecule has 1 aliphatic rings. The standard InChI is InChI=1S/C20H24N2O4S/c1-15(16-8-4-3-5-9-16)21-27(24,25)17-10-11-19(26-2)18(14-17)20(23)22-12-6-7-13-22/h3-5,8-11,14-15,21H,6-7,12-13H2,1-2H3/t15-/m0/s1. The van der Waals surface area contributed by atoms with E-state index in [1.54, 1.807) is 11.8 Å². The average Bonchev–Trinajstić information content (AvgIpc) is 3.22. The number of carbonyl (C=O) groups excluding carboxylic acids is 1. The molecule has 0 spiro atoms. The van der Waals surface area contributed by atoms with Crippen molar-refractivity contribution in [1.82, 2.24) is 9.62 Å². The van der Waals surface area contributed by atoms with Gasteiger partial charge in [-0.25, -0.2) is 13.1 Å². The minimum Gasteiger partial charge on any atom is -0.496 e. The molecule has 1 atom stereocenters. The van der Waals surface area contributed by atoms with Crippen LogP contribution >= 0.6 is 0 Å². The minimum atomic E-state index is -3.79. The predicted molar refractivity (Wildman–Crippen MR) is 103 cm³/mol. The van der Waals surface area contributed by atoms with Gasteiger partial charge in [-0.15, -0.1) is 0 Å². The summed E-state index contributed by atoms with van der Waals surface area (Å²) in [5, 5.41) is 0. The molecule has 0 aromatic heterocycles. The number of carbonyl (C=O) groups is 1. The number of hydrogen-bond donors (Lipinski definition) is 1. The van der Waals surface area contributed by atoms with Crippen molar-refractivity contribution in [3.63, 3.8) is 0 Å². The Bertz CT molecular complexity index is 907. The van der Waals surface area contributed by atoms with Crippen LogP contribution in [0.3, 0.4) is 0 Å². The number of hydrogen-bond acceptors (Lipinski definition) is 4. The normalized spacial score (nSPS) is 15.6. The van der Waals surface area contributed by atoms with Gasteiger partial charge in [-0.1, -0.05) is 30.3 Å². The molecule has 27 heavy (non-hydrogen) atoms. The number of nitrogens with one attached hydrogen (secondary N) is 1. The molecule has 1 amide bonds. The number of ether oxygens (including phenoxy) is 1. The highest BCUT2D eigenvalue weighted by Gasteiger charge is 2.26. The van der Waals surface area contributed by atoms with Crippen molar-refractivity contribution in [2.24, 2.45) is 0 Å². The van der Waals surface area contributed by atoms with Crippen LogP contribution in [0.5, 0.6) is 5.75 Å². The van der Waals surface area contributed by atoms with Crippen LogP contribution in [0, 0.1) is 0 Å². The second-order valence-electron chi connectivity index (χ2n) is 6.62. The summed E-state index contributed by atoms with van der Waals surface area (Å²) in [5.41, 5.74) is 1.14. The van der Waals surface area contributed by atoms with Gasteiger partial charge in [-0.3, -0.25) is 4.79 Å². The lowest BCUT2D eigenvalue weighted by molar-refractivity contribution is 0.0789. The topological polar surface area (TPSA) is 75.7 Å². The summed E-state index contributed by atoms with van der Waals surface area (Å²) in [4.78, 5) is 14.6. The maximum absolute atomic E-state index is 12.8. The molecule has 0 unspecified atom stereocenters. The van der Waals surface area contributed by atoms with Crippen LogP contribution in [0.4, 0.5) is 0 Å². The van der Waals surface area contributed by atoms with Gasteiger partial charge in [0.05, 0.1) is 17.6 Å². The van der Waals surface area contributed by atoms with Crippen LogP contribution in [0.25, 0.3) is 0 Å². The van der Waals surface area contributed by atoms with E-state index in [0.717, 1.165) is 18.4 Å². The molecule has 0 radical (unpaired) electrons. The molecule has 3 rings (SSSR count). The number of likely N-dealkylation sites (tertiary alicyclic amines) is 1. The maximum Gasteiger partial charge on any atom is 0.257 e. The smallest absolute Gasteiger partial charge is 0.257 e. The van der Waals surface area contributed by atoms with Gasteiger partial charge >= 0.3 is 0 Å². The summed E-state index contributed by atoms with van der Waals surface area (Å²) in [5.74, 6) is 0.180. The molecule has 2 aromatic carbocycles. The molecule has 6 nitrogen and oxygen atoms in total. The largest absolute Gasteiger partial charge is 0.496 e. The Balaban J connectivity index is 1.89. The minimum absolute atomic E-state index is 0.0497. The highest BCUT2D eigenvalue weighted by molar-refractivity contribution is 7.89. The van der Waals surface area contributed by atoms with E-state index in [1.807, 2.05) is 30.3 Å². The zero-order valence-electron chi connectivity index (χ0n) is 15.5. The maximum atomic E-state index is 12.8. The van der Waals surface area contributed by atoms with Crippen molar-refractivity contribution in [3.8, 4) is 5.75 Å². The lowest BCUT2D eigenvalue weighted by atomic mass is 10.1. The third-order valence-electron chi connectivity index (χ3n) is 4.74. The highest BCUT2D eigenvalue weighted by atomic mass is 32.2. The second kappa shape index (κ2) is 8.10. The number of rotatable bonds is 6. The molecular weight excluding hydrogens is 364 g/mol. The van der Waals surface area contributed by atoms with Crippen LogP contribution < -0.4 is 9.46 Å². The predicted octanol–water partition coefficient (Wildman–Crippen LogP) is 2.97. The molecule has 1 saturated heterocycles. The molecular formula is C20H24N2O4S.